The van der Waals surface area contributed by atoms with Gasteiger partial charge in [-0.1, -0.05) is 51.6 Å². The van der Waals surface area contributed by atoms with Crippen molar-refractivity contribution in [3.8, 4) is 0 Å². The number of benzene rings is 1. The van der Waals surface area contributed by atoms with Gasteiger partial charge in [-0.25, -0.2) is 0 Å². The van der Waals surface area contributed by atoms with E-state index < -0.39 is 7.26 Å². The predicted octanol–water partition coefficient (Wildman–Crippen LogP) is 6.70. The van der Waals surface area contributed by atoms with Gasteiger partial charge in [0.25, 0.3) is 5.91 Å². The van der Waals surface area contributed by atoms with Crippen LogP contribution in [-0.2, 0) is 4.79 Å². The molecule has 24 heavy (non-hydrogen) atoms. The van der Waals surface area contributed by atoms with Gasteiger partial charge in [0.2, 0.25) is 0 Å². The van der Waals surface area contributed by atoms with Crippen LogP contribution in [0.5, 0.6) is 0 Å². The molecule has 0 aliphatic heterocycles. The minimum atomic E-state index is -1.19. The highest BCUT2D eigenvalue weighted by atomic mass is 35.5. The number of nitrogens with one attached hydrogen (secondary N) is 1. The van der Waals surface area contributed by atoms with E-state index in [1.54, 1.807) is 0 Å². The average molecular weight is 371 g/mol. The Bertz CT molecular complexity index is 453. The number of carbonyl (C=O) groups excluding carboxylic acids is 1. The molecule has 0 bridgehead atoms. The van der Waals surface area contributed by atoms with Crippen molar-refractivity contribution in [1.82, 2.24) is 0 Å². The molecule has 0 radical (unpaired) electrons. The van der Waals surface area contributed by atoms with E-state index in [9.17, 15) is 4.79 Å². The van der Waals surface area contributed by atoms with Gasteiger partial charge in [-0.2, -0.15) is 0 Å². The minimum absolute atomic E-state index is 0.189. The molecule has 1 rings (SSSR count). The van der Waals surface area contributed by atoms with E-state index in [-0.39, 0.29) is 5.91 Å². The molecule has 2 nitrogen and oxygen atoms in total. The monoisotopic (exact) mass is 370 g/mol. The maximum absolute atomic E-state index is 12.7. The lowest BCUT2D eigenvalue weighted by molar-refractivity contribution is -0.113. The highest BCUT2D eigenvalue weighted by Gasteiger charge is 2.37. The molecule has 0 saturated carbocycles. The molecule has 1 amide bonds. The molecule has 1 aromatic carbocycles. The Morgan fingerprint density at radius 1 is 0.917 bits per heavy atom. The van der Waals surface area contributed by atoms with Crippen LogP contribution < -0.4 is 5.32 Å². The Hall–Kier alpha value is -0.590. The SMILES string of the molecule is CCCC[P+](CCCC)(CCCC)CC(=O)Nc1ccc(Cl)cc1. The molecule has 136 valence electrons. The lowest BCUT2D eigenvalue weighted by Gasteiger charge is -2.27. The first-order valence-corrected chi connectivity index (χ1v) is 12.4. The third-order valence-electron chi connectivity index (χ3n) is 4.57. The van der Waals surface area contributed by atoms with Crippen LogP contribution in [0.1, 0.15) is 59.3 Å². The fourth-order valence-corrected chi connectivity index (χ4v) is 8.01. The summed E-state index contributed by atoms with van der Waals surface area (Å²) in [5.74, 6) is 0.189. The largest absolute Gasteiger partial charge is 0.323 e. The van der Waals surface area contributed by atoms with Crippen LogP contribution in [0.15, 0.2) is 24.3 Å². The molecular weight excluding hydrogens is 337 g/mol. The normalized spacial score (nSPS) is 11.5. The first kappa shape index (κ1) is 21.5. The van der Waals surface area contributed by atoms with Crippen LogP contribution in [0.4, 0.5) is 5.69 Å². The summed E-state index contributed by atoms with van der Waals surface area (Å²) in [6.45, 7) is 6.76. The first-order chi connectivity index (χ1) is 11.5. The van der Waals surface area contributed by atoms with Crippen LogP contribution in [0.3, 0.4) is 0 Å². The van der Waals surface area contributed by atoms with Crippen molar-refractivity contribution >= 4 is 30.5 Å². The lowest BCUT2D eigenvalue weighted by Crippen LogP contribution is -2.23. The third kappa shape index (κ3) is 7.99. The van der Waals surface area contributed by atoms with Gasteiger partial charge in [-0.05, 0) is 43.5 Å². The molecule has 0 aliphatic carbocycles. The second kappa shape index (κ2) is 11.9. The van der Waals surface area contributed by atoms with Gasteiger partial charge in [0, 0.05) is 18.0 Å². The summed E-state index contributed by atoms with van der Waals surface area (Å²) in [5, 5.41) is 3.78. The summed E-state index contributed by atoms with van der Waals surface area (Å²) in [5.41, 5.74) is 0.851. The number of halogens is 1. The van der Waals surface area contributed by atoms with Gasteiger partial charge in [0.15, 0.2) is 0 Å². The van der Waals surface area contributed by atoms with Crippen molar-refractivity contribution in [3.05, 3.63) is 29.3 Å². The lowest BCUT2D eigenvalue weighted by atomic mass is 10.3. The zero-order valence-electron chi connectivity index (χ0n) is 15.6. The van der Waals surface area contributed by atoms with Crippen molar-refractivity contribution in [2.75, 3.05) is 30.0 Å². The van der Waals surface area contributed by atoms with E-state index in [1.807, 2.05) is 24.3 Å². The maximum Gasteiger partial charge on any atom is 0.261 e. The number of carbonyl (C=O) groups is 1. The van der Waals surface area contributed by atoms with Gasteiger partial charge in [0.1, 0.15) is 6.16 Å². The summed E-state index contributed by atoms with van der Waals surface area (Å²) in [4.78, 5) is 12.7. The minimum Gasteiger partial charge on any atom is -0.323 e. The van der Waals surface area contributed by atoms with Gasteiger partial charge >= 0.3 is 0 Å². The van der Waals surface area contributed by atoms with E-state index in [4.69, 9.17) is 11.6 Å². The first-order valence-electron chi connectivity index (χ1n) is 9.45. The maximum atomic E-state index is 12.7. The second-order valence-electron chi connectivity index (χ2n) is 6.79. The Morgan fingerprint density at radius 2 is 1.38 bits per heavy atom. The average Bonchev–Trinajstić information content (AvgIpc) is 2.58. The number of amides is 1. The second-order valence-corrected chi connectivity index (χ2v) is 11.6. The highest BCUT2D eigenvalue weighted by molar-refractivity contribution is 7.76. The van der Waals surface area contributed by atoms with Crippen LogP contribution >= 0.6 is 18.9 Å². The highest BCUT2D eigenvalue weighted by Crippen LogP contribution is 2.60. The van der Waals surface area contributed by atoms with Crippen LogP contribution in [0.25, 0.3) is 0 Å². The summed E-state index contributed by atoms with van der Waals surface area (Å²) >= 11 is 5.92. The summed E-state index contributed by atoms with van der Waals surface area (Å²) in [6.07, 6.45) is 12.0. The molecule has 0 unspecified atom stereocenters. The topological polar surface area (TPSA) is 29.1 Å². The Labute approximate surface area is 154 Å². The Balaban J connectivity index is 2.78. The number of hydrogen-bond acceptors (Lipinski definition) is 1. The number of unbranched alkanes of at least 4 members (excludes halogenated alkanes) is 3. The summed E-state index contributed by atoms with van der Waals surface area (Å²) in [6, 6.07) is 7.41. The molecule has 0 aliphatic rings. The summed E-state index contributed by atoms with van der Waals surface area (Å²) < 4.78 is 0. The van der Waals surface area contributed by atoms with Gasteiger partial charge in [-0.15, -0.1) is 0 Å². The van der Waals surface area contributed by atoms with Crippen LogP contribution in [-0.4, -0.2) is 30.6 Å². The predicted molar refractivity (Wildman–Crippen MR) is 111 cm³/mol. The quantitative estimate of drug-likeness (QED) is 0.407. The van der Waals surface area contributed by atoms with E-state index in [0.717, 1.165) is 11.8 Å². The van der Waals surface area contributed by atoms with Gasteiger partial charge in [-0.3, -0.25) is 4.79 Å². The van der Waals surface area contributed by atoms with Gasteiger partial charge in [0.05, 0.1) is 18.5 Å². The zero-order chi connectivity index (χ0) is 17.8. The standard InChI is InChI=1S/C20H33ClNOP/c1-4-7-14-24(15-8-5-2,16-9-6-3)17-20(23)22-19-12-10-18(21)11-13-19/h10-13H,4-9,14-17H2,1-3H3/p+1. The zero-order valence-corrected chi connectivity index (χ0v) is 17.3. The number of rotatable bonds is 12. The van der Waals surface area contributed by atoms with Crippen LogP contribution in [0, 0.1) is 0 Å². The Morgan fingerprint density at radius 3 is 1.79 bits per heavy atom. The molecule has 0 spiro atoms. The fourth-order valence-electron chi connectivity index (χ4n) is 3.09. The Kier molecular flexibility index (Phi) is 10.6. The van der Waals surface area contributed by atoms with E-state index in [0.29, 0.717) is 5.02 Å². The molecule has 0 fully saturated rings. The van der Waals surface area contributed by atoms with Crippen molar-refractivity contribution in [3.63, 3.8) is 0 Å². The van der Waals surface area contributed by atoms with Crippen molar-refractivity contribution < 1.29 is 4.79 Å². The molecule has 0 atom stereocenters. The van der Waals surface area contributed by atoms with E-state index in [1.165, 1.54) is 57.0 Å². The molecule has 0 heterocycles. The van der Waals surface area contributed by atoms with Crippen molar-refractivity contribution in [1.29, 1.82) is 0 Å². The number of anilines is 1. The molecule has 0 aromatic heterocycles. The fraction of sp³-hybridized carbons (Fsp3) is 0.650. The van der Waals surface area contributed by atoms with E-state index in [2.05, 4.69) is 26.1 Å². The van der Waals surface area contributed by atoms with Crippen molar-refractivity contribution in [2.45, 2.75) is 59.3 Å². The molecule has 1 aromatic rings. The smallest absolute Gasteiger partial charge is 0.261 e. The molecular formula is C20H34ClNOP+. The van der Waals surface area contributed by atoms with E-state index >= 15 is 0 Å². The number of hydrogen-bond donors (Lipinski definition) is 1. The summed E-state index contributed by atoms with van der Waals surface area (Å²) in [7, 11) is -1.19. The molecule has 4 heteroatoms. The van der Waals surface area contributed by atoms with Gasteiger partial charge < -0.3 is 5.32 Å². The van der Waals surface area contributed by atoms with Crippen LogP contribution in [0.2, 0.25) is 5.02 Å². The molecule has 0 saturated heterocycles. The van der Waals surface area contributed by atoms with Crippen molar-refractivity contribution in [2.24, 2.45) is 0 Å². The third-order valence-corrected chi connectivity index (χ3v) is 9.57. The molecule has 1 N–H and O–H groups in total.